The molecule has 3 aromatic rings. The number of anilines is 1. The van der Waals surface area contributed by atoms with Gasteiger partial charge in [-0.05, 0) is 42.2 Å². The van der Waals surface area contributed by atoms with Gasteiger partial charge in [-0.2, -0.15) is 0 Å². The smallest absolute Gasteiger partial charge is 0.234 e. The van der Waals surface area contributed by atoms with Gasteiger partial charge in [0.05, 0.1) is 12.2 Å². The Kier molecular flexibility index (Phi) is 3.98. The van der Waals surface area contributed by atoms with Crippen LogP contribution in [-0.2, 0) is 0 Å². The molecule has 0 saturated carbocycles. The summed E-state index contributed by atoms with van der Waals surface area (Å²) in [4.78, 5) is 2.11. The molecule has 0 fully saturated rings. The molecule has 25 heavy (non-hydrogen) atoms. The molecule has 3 heteroatoms. The van der Waals surface area contributed by atoms with E-state index >= 15 is 0 Å². The summed E-state index contributed by atoms with van der Waals surface area (Å²) in [6, 6.07) is 19.2. The lowest BCUT2D eigenvalue weighted by atomic mass is 9.99. The Balaban J connectivity index is 1.57. The van der Waals surface area contributed by atoms with Crippen LogP contribution in [0.5, 0.6) is 0 Å². The van der Waals surface area contributed by atoms with E-state index in [4.69, 9.17) is 4.52 Å². The molecule has 0 saturated heterocycles. The standard InChI is InChI=1S/C22H20N2O/c1-16-17(2)23-25-22(16)24-14-6-9-21(15-24)20-12-10-19(11-13-20)18-7-4-3-5-8-18/h3-14H,15H2,1-2H3. The normalized spacial score (nSPS) is 13.8. The molecule has 124 valence electrons. The Morgan fingerprint density at radius 3 is 2.24 bits per heavy atom. The second kappa shape index (κ2) is 6.44. The molecule has 0 atom stereocenters. The van der Waals surface area contributed by atoms with Gasteiger partial charge in [0, 0.05) is 11.8 Å². The van der Waals surface area contributed by atoms with Crippen LogP contribution in [-0.4, -0.2) is 11.7 Å². The van der Waals surface area contributed by atoms with E-state index < -0.39 is 0 Å². The Hall–Kier alpha value is -3.07. The number of allylic oxidation sites excluding steroid dienone is 2. The van der Waals surface area contributed by atoms with Crippen LogP contribution in [0.4, 0.5) is 5.88 Å². The summed E-state index contributed by atoms with van der Waals surface area (Å²) in [6.07, 6.45) is 6.25. The van der Waals surface area contributed by atoms with E-state index in [1.165, 1.54) is 22.3 Å². The zero-order valence-corrected chi connectivity index (χ0v) is 14.4. The molecule has 0 radical (unpaired) electrons. The summed E-state index contributed by atoms with van der Waals surface area (Å²) >= 11 is 0. The maximum Gasteiger partial charge on any atom is 0.234 e. The van der Waals surface area contributed by atoms with Crippen molar-refractivity contribution in [2.75, 3.05) is 11.4 Å². The summed E-state index contributed by atoms with van der Waals surface area (Å²) in [5, 5.41) is 4.06. The summed E-state index contributed by atoms with van der Waals surface area (Å²) in [5.74, 6) is 0.820. The fraction of sp³-hybridized carbons (Fsp3) is 0.136. The average Bonchev–Trinajstić information content (AvgIpc) is 3.02. The number of benzene rings is 2. The molecule has 1 aromatic heterocycles. The minimum atomic E-state index is 0.774. The highest BCUT2D eigenvalue weighted by Gasteiger charge is 2.18. The van der Waals surface area contributed by atoms with E-state index in [2.05, 4.69) is 70.7 Å². The highest BCUT2D eigenvalue weighted by atomic mass is 16.5. The molecule has 0 bridgehead atoms. The number of aromatic nitrogens is 1. The summed E-state index contributed by atoms with van der Waals surface area (Å²) < 4.78 is 5.49. The zero-order valence-electron chi connectivity index (χ0n) is 14.4. The molecule has 0 unspecified atom stereocenters. The molecule has 0 N–H and O–H groups in total. The minimum absolute atomic E-state index is 0.774. The maximum atomic E-state index is 5.49. The molecular formula is C22H20N2O. The van der Waals surface area contributed by atoms with E-state index in [9.17, 15) is 0 Å². The molecule has 2 heterocycles. The average molecular weight is 328 g/mol. The third-order valence-electron chi connectivity index (χ3n) is 4.66. The molecule has 4 rings (SSSR count). The first kappa shape index (κ1) is 15.5. The fourth-order valence-corrected chi connectivity index (χ4v) is 3.06. The van der Waals surface area contributed by atoms with Crippen LogP contribution >= 0.6 is 0 Å². The van der Waals surface area contributed by atoms with Crippen molar-refractivity contribution in [1.29, 1.82) is 0 Å². The first-order valence-corrected chi connectivity index (χ1v) is 8.45. The van der Waals surface area contributed by atoms with Crippen molar-refractivity contribution in [2.45, 2.75) is 13.8 Å². The van der Waals surface area contributed by atoms with Crippen molar-refractivity contribution in [3.8, 4) is 11.1 Å². The SMILES string of the molecule is Cc1noc(N2C=CC=C(c3ccc(-c4ccccc4)cc3)C2)c1C. The van der Waals surface area contributed by atoms with Gasteiger partial charge in [0.1, 0.15) is 0 Å². The van der Waals surface area contributed by atoms with E-state index in [0.717, 1.165) is 23.7 Å². The van der Waals surface area contributed by atoms with Crippen LogP contribution in [0.15, 0.2) is 77.5 Å². The largest absolute Gasteiger partial charge is 0.338 e. The van der Waals surface area contributed by atoms with Crippen LogP contribution in [0.2, 0.25) is 0 Å². The number of aryl methyl sites for hydroxylation is 1. The second-order valence-corrected chi connectivity index (χ2v) is 6.30. The Labute approximate surface area is 147 Å². The van der Waals surface area contributed by atoms with Gasteiger partial charge in [-0.15, -0.1) is 0 Å². The Morgan fingerprint density at radius 2 is 1.56 bits per heavy atom. The Bertz CT molecular complexity index is 934. The number of rotatable bonds is 3. The van der Waals surface area contributed by atoms with Gasteiger partial charge >= 0.3 is 0 Å². The minimum Gasteiger partial charge on any atom is -0.338 e. The van der Waals surface area contributed by atoms with Gasteiger partial charge in [0.15, 0.2) is 0 Å². The van der Waals surface area contributed by atoms with E-state index in [0.29, 0.717) is 0 Å². The van der Waals surface area contributed by atoms with Crippen LogP contribution in [0, 0.1) is 13.8 Å². The van der Waals surface area contributed by atoms with Crippen molar-refractivity contribution in [3.05, 3.63) is 89.8 Å². The predicted octanol–water partition coefficient (Wildman–Crippen LogP) is 5.38. The van der Waals surface area contributed by atoms with Crippen molar-refractivity contribution in [3.63, 3.8) is 0 Å². The molecule has 1 aliphatic heterocycles. The van der Waals surface area contributed by atoms with Gasteiger partial charge in [-0.1, -0.05) is 65.8 Å². The highest BCUT2D eigenvalue weighted by molar-refractivity contribution is 5.76. The highest BCUT2D eigenvalue weighted by Crippen LogP contribution is 2.29. The second-order valence-electron chi connectivity index (χ2n) is 6.30. The van der Waals surface area contributed by atoms with Gasteiger partial charge < -0.3 is 9.42 Å². The van der Waals surface area contributed by atoms with Crippen LogP contribution in [0.25, 0.3) is 16.7 Å². The Morgan fingerprint density at radius 1 is 0.880 bits per heavy atom. The summed E-state index contributed by atoms with van der Waals surface area (Å²) in [6.45, 7) is 4.79. The molecule has 3 nitrogen and oxygen atoms in total. The number of hydrogen-bond acceptors (Lipinski definition) is 3. The van der Waals surface area contributed by atoms with Gasteiger partial charge in [-0.3, -0.25) is 0 Å². The van der Waals surface area contributed by atoms with E-state index in [1.54, 1.807) is 0 Å². The molecule has 0 spiro atoms. The quantitative estimate of drug-likeness (QED) is 0.647. The van der Waals surface area contributed by atoms with Crippen molar-refractivity contribution in [1.82, 2.24) is 5.16 Å². The third-order valence-corrected chi connectivity index (χ3v) is 4.66. The van der Waals surface area contributed by atoms with Crippen LogP contribution < -0.4 is 4.90 Å². The molecule has 0 amide bonds. The first-order valence-electron chi connectivity index (χ1n) is 8.45. The molecular weight excluding hydrogens is 308 g/mol. The van der Waals surface area contributed by atoms with Crippen molar-refractivity contribution < 1.29 is 4.52 Å². The van der Waals surface area contributed by atoms with Gasteiger partial charge in [0.25, 0.3) is 0 Å². The third kappa shape index (κ3) is 3.01. The summed E-state index contributed by atoms with van der Waals surface area (Å²) in [7, 11) is 0. The lowest BCUT2D eigenvalue weighted by Crippen LogP contribution is -2.21. The predicted molar refractivity (Wildman–Crippen MR) is 102 cm³/mol. The fourth-order valence-electron chi connectivity index (χ4n) is 3.06. The monoisotopic (exact) mass is 328 g/mol. The van der Waals surface area contributed by atoms with Crippen molar-refractivity contribution in [2.24, 2.45) is 0 Å². The number of hydrogen-bond donors (Lipinski definition) is 0. The maximum absolute atomic E-state index is 5.49. The molecule has 1 aliphatic rings. The van der Waals surface area contributed by atoms with Crippen LogP contribution in [0.3, 0.4) is 0 Å². The lowest BCUT2D eigenvalue weighted by Gasteiger charge is -2.22. The lowest BCUT2D eigenvalue weighted by molar-refractivity contribution is 0.419. The van der Waals surface area contributed by atoms with Gasteiger partial charge in [-0.25, -0.2) is 0 Å². The molecule has 2 aromatic carbocycles. The van der Waals surface area contributed by atoms with E-state index in [1.807, 2.05) is 26.1 Å². The topological polar surface area (TPSA) is 29.3 Å². The van der Waals surface area contributed by atoms with Crippen molar-refractivity contribution >= 4 is 11.5 Å². The molecule has 0 aliphatic carbocycles. The summed E-state index contributed by atoms with van der Waals surface area (Å²) in [5.41, 5.74) is 6.98. The van der Waals surface area contributed by atoms with Crippen LogP contribution in [0.1, 0.15) is 16.8 Å². The zero-order chi connectivity index (χ0) is 17.2. The van der Waals surface area contributed by atoms with Gasteiger partial charge in [0.2, 0.25) is 5.88 Å². The number of nitrogens with zero attached hydrogens (tertiary/aromatic N) is 2. The van der Waals surface area contributed by atoms with E-state index in [-0.39, 0.29) is 0 Å². The first-order chi connectivity index (χ1) is 12.2.